The van der Waals surface area contributed by atoms with Crippen LogP contribution in [0.2, 0.25) is 0 Å². The lowest BCUT2D eigenvalue weighted by Gasteiger charge is -2.24. The van der Waals surface area contributed by atoms with Crippen LogP contribution in [0.1, 0.15) is 50.4 Å². The van der Waals surface area contributed by atoms with E-state index in [1.54, 1.807) is 18.2 Å². The topological polar surface area (TPSA) is 66.5 Å². The quantitative estimate of drug-likeness (QED) is 0.796. The Morgan fingerprint density at radius 2 is 1.71 bits per heavy atom. The molecule has 5 nitrogen and oxygen atoms in total. The van der Waals surface area contributed by atoms with Crippen LogP contribution in [0.15, 0.2) is 48.5 Å². The molecule has 0 fully saturated rings. The van der Waals surface area contributed by atoms with E-state index in [1.165, 1.54) is 5.56 Å². The van der Waals surface area contributed by atoms with Crippen LogP contribution >= 0.6 is 0 Å². The van der Waals surface area contributed by atoms with Crippen molar-refractivity contribution in [2.45, 2.75) is 46.1 Å². The van der Waals surface area contributed by atoms with Crippen molar-refractivity contribution in [1.82, 2.24) is 5.32 Å². The van der Waals surface area contributed by atoms with Crippen molar-refractivity contribution in [1.29, 1.82) is 0 Å². The molecular weight excluding hydrogens is 372 g/mol. The van der Waals surface area contributed by atoms with Gasteiger partial charge in [0, 0.05) is 0 Å². The number of carbonyl (C=O) groups excluding carboxylic acids is 1. The van der Waals surface area contributed by atoms with Crippen LogP contribution in [0, 0.1) is 6.92 Å². The molecule has 0 aliphatic carbocycles. The third kappa shape index (κ3) is 5.83. The number of hydrogen-bond acceptors (Lipinski definition) is 3. The summed E-state index contributed by atoms with van der Waals surface area (Å²) in [5.74, 6) is -0.348. The van der Waals surface area contributed by atoms with E-state index in [9.17, 15) is 13.2 Å². The average Bonchev–Trinajstić information content (AvgIpc) is 2.58. The van der Waals surface area contributed by atoms with Gasteiger partial charge in [0.15, 0.2) is 0 Å². The Labute approximate surface area is 168 Å². The molecular formula is C22H30N2O3S. The normalized spacial score (nSPS) is 13.1. The highest BCUT2D eigenvalue weighted by Gasteiger charge is 2.22. The maximum atomic E-state index is 12.6. The van der Waals surface area contributed by atoms with Gasteiger partial charge in [-0.25, -0.2) is 8.42 Å². The summed E-state index contributed by atoms with van der Waals surface area (Å²) in [7, 11) is -3.58. The Morgan fingerprint density at radius 1 is 1.11 bits per heavy atom. The minimum absolute atomic E-state index is 0.0643. The molecule has 1 amide bonds. The molecule has 0 spiro atoms. The number of rotatable bonds is 6. The van der Waals surface area contributed by atoms with Gasteiger partial charge < -0.3 is 5.32 Å². The molecule has 0 saturated carbocycles. The van der Waals surface area contributed by atoms with E-state index in [4.69, 9.17) is 0 Å². The molecule has 1 N–H and O–H groups in total. The molecule has 2 rings (SSSR count). The summed E-state index contributed by atoms with van der Waals surface area (Å²) in [5, 5.41) is 2.90. The maximum absolute atomic E-state index is 12.6. The number of nitrogens with one attached hydrogen (secondary N) is 1. The number of anilines is 1. The number of hydrogen-bond donors (Lipinski definition) is 1. The van der Waals surface area contributed by atoms with E-state index in [2.05, 4.69) is 38.2 Å². The van der Waals surface area contributed by atoms with Gasteiger partial charge in [-0.2, -0.15) is 0 Å². The highest BCUT2D eigenvalue weighted by Crippen LogP contribution is 2.24. The van der Waals surface area contributed by atoms with Crippen molar-refractivity contribution < 1.29 is 13.2 Å². The Balaban J connectivity index is 2.12. The fraction of sp³-hybridized carbons (Fsp3) is 0.409. The largest absolute Gasteiger partial charge is 0.348 e. The zero-order valence-electron chi connectivity index (χ0n) is 17.5. The van der Waals surface area contributed by atoms with Crippen molar-refractivity contribution in [3.05, 3.63) is 65.2 Å². The molecule has 0 aliphatic heterocycles. The minimum atomic E-state index is -3.58. The predicted molar refractivity (Wildman–Crippen MR) is 115 cm³/mol. The van der Waals surface area contributed by atoms with Crippen LogP contribution < -0.4 is 9.62 Å². The summed E-state index contributed by atoms with van der Waals surface area (Å²) in [6, 6.07) is 15.0. The number of sulfonamides is 1. The molecule has 0 bridgehead atoms. The minimum Gasteiger partial charge on any atom is -0.348 e. The zero-order chi connectivity index (χ0) is 21.1. The summed E-state index contributed by atoms with van der Waals surface area (Å²) in [4.78, 5) is 12.6. The molecule has 0 saturated heterocycles. The Hall–Kier alpha value is -2.34. The zero-order valence-corrected chi connectivity index (χ0v) is 18.3. The van der Waals surface area contributed by atoms with Gasteiger partial charge in [-0.3, -0.25) is 9.10 Å². The van der Waals surface area contributed by atoms with Gasteiger partial charge in [-0.05, 0) is 48.1 Å². The third-order valence-corrected chi connectivity index (χ3v) is 5.77. The van der Waals surface area contributed by atoms with Crippen LogP contribution in [0.25, 0.3) is 0 Å². The van der Waals surface area contributed by atoms with Gasteiger partial charge in [0.2, 0.25) is 15.9 Å². The van der Waals surface area contributed by atoms with Crippen molar-refractivity contribution in [2.75, 3.05) is 17.1 Å². The molecule has 6 heteroatoms. The molecule has 0 radical (unpaired) electrons. The molecule has 0 heterocycles. The lowest BCUT2D eigenvalue weighted by molar-refractivity contribution is -0.120. The summed E-state index contributed by atoms with van der Waals surface area (Å²) >= 11 is 0. The second-order valence-corrected chi connectivity index (χ2v) is 10.2. The van der Waals surface area contributed by atoms with Crippen molar-refractivity contribution in [3.63, 3.8) is 0 Å². The third-order valence-electron chi connectivity index (χ3n) is 4.63. The molecule has 2 aromatic rings. The fourth-order valence-electron chi connectivity index (χ4n) is 2.96. The van der Waals surface area contributed by atoms with Gasteiger partial charge in [0.05, 0.1) is 18.0 Å². The second-order valence-electron chi connectivity index (χ2n) is 8.27. The first-order valence-corrected chi connectivity index (χ1v) is 11.2. The smallest absolute Gasteiger partial charge is 0.241 e. The first kappa shape index (κ1) is 22.0. The second kappa shape index (κ2) is 8.35. The number of carbonyl (C=O) groups is 1. The number of benzene rings is 2. The van der Waals surface area contributed by atoms with Crippen molar-refractivity contribution in [3.8, 4) is 0 Å². The van der Waals surface area contributed by atoms with Gasteiger partial charge in [-0.15, -0.1) is 0 Å². The van der Waals surface area contributed by atoms with Crippen LogP contribution in [-0.4, -0.2) is 27.1 Å². The molecule has 1 atom stereocenters. The van der Waals surface area contributed by atoms with Crippen LogP contribution in [0.4, 0.5) is 5.69 Å². The number of nitrogens with zero attached hydrogens (tertiary/aromatic N) is 1. The molecule has 0 aliphatic rings. The molecule has 2 aromatic carbocycles. The van der Waals surface area contributed by atoms with E-state index in [-0.39, 0.29) is 23.9 Å². The first-order valence-electron chi connectivity index (χ1n) is 9.32. The van der Waals surface area contributed by atoms with E-state index in [1.807, 2.05) is 32.0 Å². The van der Waals surface area contributed by atoms with Crippen molar-refractivity contribution in [2.24, 2.45) is 0 Å². The lowest BCUT2D eigenvalue weighted by Crippen LogP contribution is -2.41. The number of aryl methyl sites for hydroxylation is 1. The van der Waals surface area contributed by atoms with Gasteiger partial charge in [0.1, 0.15) is 6.54 Å². The van der Waals surface area contributed by atoms with Gasteiger partial charge in [0.25, 0.3) is 0 Å². The highest BCUT2D eigenvalue weighted by molar-refractivity contribution is 7.92. The van der Waals surface area contributed by atoms with Gasteiger partial charge in [-0.1, -0.05) is 57.2 Å². The lowest BCUT2D eigenvalue weighted by atomic mass is 9.86. The van der Waals surface area contributed by atoms with Gasteiger partial charge >= 0.3 is 0 Å². The maximum Gasteiger partial charge on any atom is 0.241 e. The average molecular weight is 403 g/mol. The molecule has 0 aromatic heterocycles. The van der Waals surface area contributed by atoms with E-state index < -0.39 is 10.0 Å². The van der Waals surface area contributed by atoms with E-state index >= 15 is 0 Å². The summed E-state index contributed by atoms with van der Waals surface area (Å²) < 4.78 is 25.6. The Bertz CT molecular complexity index is 929. The Morgan fingerprint density at radius 3 is 2.21 bits per heavy atom. The monoisotopic (exact) mass is 402 g/mol. The van der Waals surface area contributed by atoms with Crippen LogP contribution in [0.3, 0.4) is 0 Å². The van der Waals surface area contributed by atoms with Crippen LogP contribution in [-0.2, 0) is 20.2 Å². The molecule has 152 valence electrons. The first-order chi connectivity index (χ1) is 12.9. The fourth-order valence-corrected chi connectivity index (χ4v) is 3.80. The summed E-state index contributed by atoms with van der Waals surface area (Å²) in [6.45, 7) is 9.97. The molecule has 0 unspecified atom stereocenters. The highest BCUT2D eigenvalue weighted by atomic mass is 32.2. The van der Waals surface area contributed by atoms with E-state index in [0.29, 0.717) is 5.69 Å². The Kier molecular flexibility index (Phi) is 6.55. The van der Waals surface area contributed by atoms with Crippen LogP contribution in [0.5, 0.6) is 0 Å². The van der Waals surface area contributed by atoms with Crippen molar-refractivity contribution >= 4 is 21.6 Å². The SMILES string of the molecule is Cc1cccc(N(CC(=O)N[C@H](C)c2ccc(C(C)(C)C)cc2)S(C)(=O)=O)c1. The predicted octanol–water partition coefficient (Wildman–Crippen LogP) is 3.94. The molecule has 28 heavy (non-hydrogen) atoms. The standard InChI is InChI=1S/C22H30N2O3S/c1-16-8-7-9-20(14-16)24(28(6,26)27)15-21(25)23-17(2)18-10-12-19(13-11-18)22(3,4)5/h7-14,17H,15H2,1-6H3,(H,23,25)/t17-/m1/s1. The number of amides is 1. The summed E-state index contributed by atoms with van der Waals surface area (Å²) in [6.07, 6.45) is 1.11. The summed E-state index contributed by atoms with van der Waals surface area (Å²) in [5.41, 5.74) is 3.67. The van der Waals surface area contributed by atoms with E-state index in [0.717, 1.165) is 21.7 Å².